The third-order valence-electron chi connectivity index (χ3n) is 7.02. The van der Waals surface area contributed by atoms with Gasteiger partial charge in [-0.15, -0.1) is 0 Å². The first-order chi connectivity index (χ1) is 15.1. The van der Waals surface area contributed by atoms with Crippen molar-refractivity contribution in [3.8, 4) is 0 Å². The highest BCUT2D eigenvalue weighted by Crippen LogP contribution is 2.28. The molecule has 1 unspecified atom stereocenters. The number of unbranched alkanes of at least 4 members (excludes halogenated alkanes) is 12. The van der Waals surface area contributed by atoms with Crippen LogP contribution in [-0.4, -0.2) is 10.7 Å². The third kappa shape index (κ3) is 20.1. The highest BCUT2D eigenvalue weighted by Gasteiger charge is 2.24. The second-order valence-electron chi connectivity index (χ2n) is 10.3. The standard InChI is InChI=1S/C30H60O/c1-5-9-13-14-15-17-20-24-29(23-10-6-2)25-21-18-16-19-22-28-30(31,26-11-7-3)27-12-8-4/h20,24,29,31H,5-19,21-23,25-28H2,1-4H3/b24-20+. The van der Waals surface area contributed by atoms with Crippen LogP contribution in [0.25, 0.3) is 0 Å². The maximum Gasteiger partial charge on any atom is 0.0647 e. The van der Waals surface area contributed by atoms with Crippen molar-refractivity contribution in [2.24, 2.45) is 5.92 Å². The van der Waals surface area contributed by atoms with Crippen molar-refractivity contribution in [1.29, 1.82) is 0 Å². The first-order valence-corrected chi connectivity index (χ1v) is 14.5. The molecular formula is C30H60O. The molecule has 0 aliphatic carbocycles. The molecule has 0 saturated heterocycles. The SMILES string of the molecule is CCCCCCC/C=C/C(CCCC)CCCCCCCC(O)(CCCC)CCCC. The summed E-state index contributed by atoms with van der Waals surface area (Å²) >= 11 is 0. The third-order valence-corrected chi connectivity index (χ3v) is 7.02. The molecule has 0 spiro atoms. The molecule has 0 rings (SSSR count). The maximum absolute atomic E-state index is 11.0. The van der Waals surface area contributed by atoms with Crippen LogP contribution in [0.3, 0.4) is 0 Å². The average molecular weight is 437 g/mol. The molecule has 31 heavy (non-hydrogen) atoms. The lowest BCUT2D eigenvalue weighted by atomic mass is 9.86. The minimum absolute atomic E-state index is 0.376. The van der Waals surface area contributed by atoms with E-state index in [2.05, 4.69) is 39.8 Å². The fourth-order valence-electron chi connectivity index (χ4n) is 4.74. The van der Waals surface area contributed by atoms with Gasteiger partial charge in [0.15, 0.2) is 0 Å². The zero-order valence-corrected chi connectivity index (χ0v) is 22.2. The molecule has 1 nitrogen and oxygen atoms in total. The Bertz CT molecular complexity index is 365. The molecule has 0 aromatic carbocycles. The van der Waals surface area contributed by atoms with Gasteiger partial charge in [-0.05, 0) is 50.9 Å². The molecule has 0 aliphatic rings. The van der Waals surface area contributed by atoms with Gasteiger partial charge in [-0.25, -0.2) is 0 Å². The van der Waals surface area contributed by atoms with Crippen molar-refractivity contribution in [3.63, 3.8) is 0 Å². The lowest BCUT2D eigenvalue weighted by molar-refractivity contribution is 0.00788. The first-order valence-electron chi connectivity index (χ1n) is 14.5. The molecule has 1 heteroatoms. The van der Waals surface area contributed by atoms with Gasteiger partial charge >= 0.3 is 0 Å². The molecule has 0 aliphatic heterocycles. The van der Waals surface area contributed by atoms with Gasteiger partial charge in [0, 0.05) is 0 Å². The topological polar surface area (TPSA) is 20.2 Å². The monoisotopic (exact) mass is 436 g/mol. The van der Waals surface area contributed by atoms with E-state index in [4.69, 9.17) is 0 Å². The van der Waals surface area contributed by atoms with Crippen LogP contribution in [0.1, 0.15) is 169 Å². The molecule has 0 aromatic rings. The minimum Gasteiger partial charge on any atom is -0.390 e. The summed E-state index contributed by atoms with van der Waals surface area (Å²) in [5, 5.41) is 11.0. The van der Waals surface area contributed by atoms with Gasteiger partial charge in [0.2, 0.25) is 0 Å². The van der Waals surface area contributed by atoms with Crippen LogP contribution in [0, 0.1) is 5.92 Å². The number of rotatable bonds is 24. The normalized spacial score (nSPS) is 13.3. The summed E-state index contributed by atoms with van der Waals surface area (Å²) in [4.78, 5) is 0. The Morgan fingerprint density at radius 1 is 0.548 bits per heavy atom. The van der Waals surface area contributed by atoms with Crippen molar-refractivity contribution in [3.05, 3.63) is 12.2 Å². The maximum atomic E-state index is 11.0. The summed E-state index contributed by atoms with van der Waals surface area (Å²) in [6, 6.07) is 0. The van der Waals surface area contributed by atoms with E-state index >= 15 is 0 Å². The lowest BCUT2D eigenvalue weighted by Crippen LogP contribution is -2.28. The van der Waals surface area contributed by atoms with Crippen LogP contribution in [-0.2, 0) is 0 Å². The van der Waals surface area contributed by atoms with E-state index in [1.807, 2.05) is 0 Å². The largest absolute Gasteiger partial charge is 0.390 e. The van der Waals surface area contributed by atoms with E-state index in [9.17, 15) is 5.11 Å². The molecular weight excluding hydrogens is 376 g/mol. The number of hydrogen-bond acceptors (Lipinski definition) is 1. The zero-order chi connectivity index (χ0) is 23.0. The summed E-state index contributed by atoms with van der Waals surface area (Å²) in [5.74, 6) is 0.809. The number of hydrogen-bond donors (Lipinski definition) is 1. The highest BCUT2D eigenvalue weighted by molar-refractivity contribution is 4.88. The molecule has 0 bridgehead atoms. The van der Waals surface area contributed by atoms with E-state index in [-0.39, 0.29) is 5.60 Å². The minimum atomic E-state index is -0.376. The molecule has 1 N–H and O–H groups in total. The molecule has 0 saturated carbocycles. The molecule has 0 radical (unpaired) electrons. The van der Waals surface area contributed by atoms with E-state index in [1.165, 1.54) is 122 Å². The van der Waals surface area contributed by atoms with Crippen LogP contribution in [0.5, 0.6) is 0 Å². The Hall–Kier alpha value is -0.300. The summed E-state index contributed by atoms with van der Waals surface area (Å²) in [6.07, 6.45) is 33.1. The Balaban J connectivity index is 4.00. The fraction of sp³-hybridized carbons (Fsp3) is 0.933. The smallest absolute Gasteiger partial charge is 0.0647 e. The van der Waals surface area contributed by atoms with Crippen LogP contribution in [0.2, 0.25) is 0 Å². The van der Waals surface area contributed by atoms with Gasteiger partial charge in [0.05, 0.1) is 5.60 Å². The Morgan fingerprint density at radius 3 is 1.68 bits per heavy atom. The van der Waals surface area contributed by atoms with Crippen molar-refractivity contribution < 1.29 is 5.11 Å². The molecule has 0 heterocycles. The molecule has 1 atom stereocenters. The van der Waals surface area contributed by atoms with Gasteiger partial charge < -0.3 is 5.11 Å². The molecule has 186 valence electrons. The van der Waals surface area contributed by atoms with Crippen LogP contribution in [0.4, 0.5) is 0 Å². The van der Waals surface area contributed by atoms with Crippen molar-refractivity contribution in [2.45, 2.75) is 175 Å². The summed E-state index contributed by atoms with van der Waals surface area (Å²) in [7, 11) is 0. The first kappa shape index (κ1) is 30.7. The predicted octanol–water partition coefficient (Wildman–Crippen LogP) is 10.6. The van der Waals surface area contributed by atoms with Gasteiger partial charge in [-0.1, -0.05) is 136 Å². The van der Waals surface area contributed by atoms with Crippen LogP contribution in [0.15, 0.2) is 12.2 Å². The lowest BCUT2D eigenvalue weighted by Gasteiger charge is -2.28. The van der Waals surface area contributed by atoms with Gasteiger partial charge in [-0.3, -0.25) is 0 Å². The Morgan fingerprint density at radius 2 is 1.03 bits per heavy atom. The Labute approximate surface area is 197 Å². The fourth-order valence-corrected chi connectivity index (χ4v) is 4.74. The molecule has 0 amide bonds. The van der Waals surface area contributed by atoms with Crippen LogP contribution >= 0.6 is 0 Å². The molecule has 0 fully saturated rings. The van der Waals surface area contributed by atoms with E-state index in [0.717, 1.165) is 25.2 Å². The summed E-state index contributed by atoms with van der Waals surface area (Å²) in [5.41, 5.74) is -0.376. The number of allylic oxidation sites excluding steroid dienone is 2. The second kappa shape index (κ2) is 22.9. The number of aliphatic hydroxyl groups is 1. The average Bonchev–Trinajstić information content (AvgIpc) is 2.78. The molecule has 0 aromatic heterocycles. The van der Waals surface area contributed by atoms with Gasteiger partial charge in [0.1, 0.15) is 0 Å². The summed E-state index contributed by atoms with van der Waals surface area (Å²) in [6.45, 7) is 9.07. The van der Waals surface area contributed by atoms with Gasteiger partial charge in [0.25, 0.3) is 0 Å². The second-order valence-corrected chi connectivity index (χ2v) is 10.3. The quantitative estimate of drug-likeness (QED) is 0.118. The zero-order valence-electron chi connectivity index (χ0n) is 22.2. The van der Waals surface area contributed by atoms with Crippen molar-refractivity contribution in [2.75, 3.05) is 0 Å². The van der Waals surface area contributed by atoms with E-state index in [0.29, 0.717) is 0 Å². The highest BCUT2D eigenvalue weighted by atomic mass is 16.3. The van der Waals surface area contributed by atoms with Crippen molar-refractivity contribution in [1.82, 2.24) is 0 Å². The van der Waals surface area contributed by atoms with E-state index < -0.39 is 0 Å². The Kier molecular flexibility index (Phi) is 22.7. The van der Waals surface area contributed by atoms with Gasteiger partial charge in [-0.2, -0.15) is 0 Å². The summed E-state index contributed by atoms with van der Waals surface area (Å²) < 4.78 is 0. The predicted molar refractivity (Wildman–Crippen MR) is 142 cm³/mol. The van der Waals surface area contributed by atoms with Crippen LogP contribution < -0.4 is 0 Å². The van der Waals surface area contributed by atoms with E-state index in [1.54, 1.807) is 0 Å². The van der Waals surface area contributed by atoms with Crippen molar-refractivity contribution >= 4 is 0 Å².